The number of hydrogen-bond acceptors (Lipinski definition) is 5. The number of ether oxygens (including phenoxy) is 1. The Kier molecular flexibility index (Phi) is 4.49. The van der Waals surface area contributed by atoms with Crippen molar-refractivity contribution in [2.45, 2.75) is 26.4 Å². The summed E-state index contributed by atoms with van der Waals surface area (Å²) in [5.74, 6) is 0.270. The molecule has 0 N–H and O–H groups in total. The summed E-state index contributed by atoms with van der Waals surface area (Å²) in [6.45, 7) is 4.38. The summed E-state index contributed by atoms with van der Waals surface area (Å²) < 4.78 is 19.6. The Hall–Kier alpha value is -2.52. The van der Waals surface area contributed by atoms with Crippen molar-refractivity contribution in [3.8, 4) is 11.9 Å². The van der Waals surface area contributed by atoms with E-state index in [1.54, 1.807) is 12.1 Å². The van der Waals surface area contributed by atoms with Crippen LogP contribution in [-0.4, -0.2) is 28.0 Å². The molecular formula is C17H17FN4O. The molecular weight excluding hydrogens is 295 g/mol. The SMILES string of the molecule is CCOc1ncnc2c1CN(Cc1ccc(C#N)cc1F)CC2. The number of benzene rings is 1. The van der Waals surface area contributed by atoms with Crippen molar-refractivity contribution in [3.05, 3.63) is 52.7 Å². The molecule has 1 aromatic heterocycles. The normalized spacial score (nSPS) is 14.1. The number of nitrogens with zero attached hydrogens (tertiary/aromatic N) is 4. The Morgan fingerprint density at radius 3 is 3.00 bits per heavy atom. The summed E-state index contributed by atoms with van der Waals surface area (Å²) in [6.07, 6.45) is 2.32. The van der Waals surface area contributed by atoms with E-state index in [1.807, 2.05) is 13.0 Å². The molecule has 0 saturated heterocycles. The molecule has 118 valence electrons. The van der Waals surface area contributed by atoms with Crippen LogP contribution >= 0.6 is 0 Å². The summed E-state index contributed by atoms with van der Waals surface area (Å²) >= 11 is 0. The van der Waals surface area contributed by atoms with E-state index in [4.69, 9.17) is 10.00 Å². The molecule has 0 amide bonds. The number of fused-ring (bicyclic) bond motifs is 1. The van der Waals surface area contributed by atoms with E-state index in [0.717, 1.165) is 24.2 Å². The van der Waals surface area contributed by atoms with Gasteiger partial charge in [0.2, 0.25) is 5.88 Å². The minimum absolute atomic E-state index is 0.335. The first-order chi connectivity index (χ1) is 11.2. The second kappa shape index (κ2) is 6.71. The van der Waals surface area contributed by atoms with Crippen molar-refractivity contribution < 1.29 is 9.13 Å². The lowest BCUT2D eigenvalue weighted by Gasteiger charge is -2.28. The van der Waals surface area contributed by atoms with Crippen LogP contribution in [0.2, 0.25) is 0 Å². The largest absolute Gasteiger partial charge is 0.478 e. The van der Waals surface area contributed by atoms with E-state index in [0.29, 0.717) is 36.7 Å². The quantitative estimate of drug-likeness (QED) is 0.868. The van der Waals surface area contributed by atoms with Gasteiger partial charge in [0.05, 0.1) is 23.9 Å². The third-order valence-electron chi connectivity index (χ3n) is 3.90. The molecule has 1 aromatic carbocycles. The van der Waals surface area contributed by atoms with Crippen molar-refractivity contribution in [1.29, 1.82) is 5.26 Å². The third kappa shape index (κ3) is 3.30. The molecule has 0 atom stereocenters. The maximum Gasteiger partial charge on any atom is 0.221 e. The van der Waals surface area contributed by atoms with Gasteiger partial charge in [-0.25, -0.2) is 14.4 Å². The molecule has 1 aliphatic rings. The second-order valence-electron chi connectivity index (χ2n) is 5.42. The smallest absolute Gasteiger partial charge is 0.221 e. The Morgan fingerprint density at radius 2 is 2.26 bits per heavy atom. The monoisotopic (exact) mass is 312 g/mol. The van der Waals surface area contributed by atoms with Gasteiger partial charge in [-0.2, -0.15) is 5.26 Å². The van der Waals surface area contributed by atoms with E-state index >= 15 is 0 Å². The molecule has 0 unspecified atom stereocenters. The molecule has 5 nitrogen and oxygen atoms in total. The Morgan fingerprint density at radius 1 is 1.39 bits per heavy atom. The van der Waals surface area contributed by atoms with Crippen LogP contribution in [0.15, 0.2) is 24.5 Å². The number of nitriles is 1. The number of halogens is 1. The van der Waals surface area contributed by atoms with Crippen LogP contribution in [-0.2, 0) is 19.5 Å². The highest BCUT2D eigenvalue weighted by Crippen LogP contribution is 2.26. The van der Waals surface area contributed by atoms with Crippen molar-refractivity contribution in [2.75, 3.05) is 13.2 Å². The van der Waals surface area contributed by atoms with E-state index < -0.39 is 0 Å². The molecule has 0 fully saturated rings. The zero-order valence-electron chi connectivity index (χ0n) is 12.9. The molecule has 23 heavy (non-hydrogen) atoms. The summed E-state index contributed by atoms with van der Waals surface area (Å²) in [4.78, 5) is 10.6. The topological polar surface area (TPSA) is 62.0 Å². The lowest BCUT2D eigenvalue weighted by Crippen LogP contribution is -2.31. The van der Waals surface area contributed by atoms with Gasteiger partial charge in [0, 0.05) is 37.2 Å². The predicted octanol–water partition coefficient (Wildman–Crippen LogP) is 2.44. The highest BCUT2D eigenvalue weighted by atomic mass is 19.1. The zero-order valence-corrected chi connectivity index (χ0v) is 12.9. The van der Waals surface area contributed by atoms with E-state index in [1.165, 1.54) is 12.4 Å². The molecule has 3 rings (SSSR count). The van der Waals surface area contributed by atoms with Crippen molar-refractivity contribution in [3.63, 3.8) is 0 Å². The summed E-state index contributed by atoms with van der Waals surface area (Å²) in [6, 6.07) is 6.55. The van der Waals surface area contributed by atoms with Gasteiger partial charge in [0.25, 0.3) is 0 Å². The molecule has 0 radical (unpaired) electrons. The van der Waals surface area contributed by atoms with E-state index in [9.17, 15) is 4.39 Å². The van der Waals surface area contributed by atoms with Gasteiger partial charge in [-0.15, -0.1) is 0 Å². The lowest BCUT2D eigenvalue weighted by molar-refractivity contribution is 0.229. The first-order valence-electron chi connectivity index (χ1n) is 7.57. The van der Waals surface area contributed by atoms with Gasteiger partial charge in [0.15, 0.2) is 0 Å². The highest BCUT2D eigenvalue weighted by Gasteiger charge is 2.22. The summed E-state index contributed by atoms with van der Waals surface area (Å²) in [7, 11) is 0. The van der Waals surface area contributed by atoms with Crippen LogP contribution in [0.25, 0.3) is 0 Å². The molecule has 0 aliphatic carbocycles. The first kappa shape index (κ1) is 15.4. The molecule has 0 bridgehead atoms. The maximum absolute atomic E-state index is 14.1. The van der Waals surface area contributed by atoms with Crippen molar-refractivity contribution in [2.24, 2.45) is 0 Å². The van der Waals surface area contributed by atoms with Gasteiger partial charge in [-0.3, -0.25) is 4.90 Å². The van der Waals surface area contributed by atoms with Crippen LogP contribution in [0.4, 0.5) is 4.39 Å². The molecule has 0 spiro atoms. The number of hydrogen-bond donors (Lipinski definition) is 0. The Bertz CT molecular complexity index is 757. The average molecular weight is 312 g/mol. The molecule has 2 aromatic rings. The van der Waals surface area contributed by atoms with Crippen molar-refractivity contribution >= 4 is 0 Å². The summed E-state index contributed by atoms with van der Waals surface area (Å²) in [5, 5.41) is 8.81. The first-order valence-corrected chi connectivity index (χ1v) is 7.57. The fourth-order valence-corrected chi connectivity index (χ4v) is 2.75. The fourth-order valence-electron chi connectivity index (χ4n) is 2.75. The molecule has 1 aliphatic heterocycles. The standard InChI is InChI=1S/C17H17FN4O/c1-2-23-17-14-10-22(6-5-16(14)20-11-21-17)9-13-4-3-12(8-19)7-15(13)18/h3-4,7,11H,2,5-6,9-10H2,1H3. The van der Waals surface area contributed by atoms with Crippen LogP contribution in [0.5, 0.6) is 5.88 Å². The van der Waals surface area contributed by atoms with E-state index in [2.05, 4.69) is 14.9 Å². The number of rotatable bonds is 4. The lowest BCUT2D eigenvalue weighted by atomic mass is 10.0. The predicted molar refractivity (Wildman–Crippen MR) is 82.1 cm³/mol. The minimum Gasteiger partial charge on any atom is -0.478 e. The van der Waals surface area contributed by atoms with Gasteiger partial charge < -0.3 is 4.74 Å². The Labute approximate surface area is 134 Å². The number of aromatic nitrogens is 2. The summed E-state index contributed by atoms with van der Waals surface area (Å²) in [5.41, 5.74) is 2.90. The van der Waals surface area contributed by atoms with Crippen LogP contribution in [0, 0.1) is 17.1 Å². The highest BCUT2D eigenvalue weighted by molar-refractivity contribution is 5.34. The van der Waals surface area contributed by atoms with Crippen LogP contribution < -0.4 is 4.74 Å². The molecule has 6 heteroatoms. The van der Waals surface area contributed by atoms with Crippen LogP contribution in [0.3, 0.4) is 0 Å². The Balaban J connectivity index is 1.78. The van der Waals surface area contributed by atoms with Gasteiger partial charge in [-0.1, -0.05) is 6.07 Å². The van der Waals surface area contributed by atoms with Gasteiger partial charge in [0.1, 0.15) is 12.1 Å². The third-order valence-corrected chi connectivity index (χ3v) is 3.90. The second-order valence-corrected chi connectivity index (χ2v) is 5.42. The van der Waals surface area contributed by atoms with Gasteiger partial charge >= 0.3 is 0 Å². The van der Waals surface area contributed by atoms with Gasteiger partial charge in [-0.05, 0) is 19.1 Å². The average Bonchev–Trinajstić information content (AvgIpc) is 2.57. The fraction of sp³-hybridized carbons (Fsp3) is 0.353. The molecule has 0 saturated carbocycles. The van der Waals surface area contributed by atoms with E-state index in [-0.39, 0.29) is 5.82 Å². The maximum atomic E-state index is 14.1. The van der Waals surface area contributed by atoms with Crippen molar-refractivity contribution in [1.82, 2.24) is 14.9 Å². The zero-order chi connectivity index (χ0) is 16.2. The molecule has 2 heterocycles. The minimum atomic E-state index is -0.343. The van der Waals surface area contributed by atoms with Crippen LogP contribution in [0.1, 0.15) is 29.3 Å².